The molecule has 1 aliphatic rings. The molecule has 0 aliphatic heterocycles. The van der Waals surface area contributed by atoms with Crippen LogP contribution in [0.25, 0.3) is 0 Å². The number of hydrogen-bond donors (Lipinski definition) is 1. The molecule has 3 nitrogen and oxygen atoms in total. The molecule has 2 heterocycles. The molecular weight excluding hydrogens is 326 g/mol. The van der Waals surface area contributed by atoms with Crippen molar-refractivity contribution in [3.8, 4) is 0 Å². The Labute approximate surface area is 134 Å². The van der Waals surface area contributed by atoms with Crippen LogP contribution in [0, 0.1) is 0 Å². The maximum atomic E-state index is 4.47. The van der Waals surface area contributed by atoms with Crippen molar-refractivity contribution < 1.29 is 0 Å². The van der Waals surface area contributed by atoms with Crippen LogP contribution in [0.2, 0.25) is 0 Å². The number of hydrogen-bond acceptors (Lipinski definition) is 2. The second-order valence-electron chi connectivity index (χ2n) is 5.78. The van der Waals surface area contributed by atoms with Crippen LogP contribution in [0.3, 0.4) is 0 Å². The fourth-order valence-corrected chi connectivity index (χ4v) is 3.29. The number of halogens is 1. The van der Waals surface area contributed by atoms with Gasteiger partial charge in [0, 0.05) is 29.1 Å². The largest absolute Gasteiger partial charge is 0.348 e. The molecule has 0 fully saturated rings. The molecule has 0 spiro atoms. The van der Waals surface area contributed by atoms with Crippen LogP contribution in [0.1, 0.15) is 49.0 Å². The van der Waals surface area contributed by atoms with E-state index in [1.54, 1.807) is 0 Å². The smallest absolute Gasteiger partial charge is 0.0642 e. The summed E-state index contributed by atoms with van der Waals surface area (Å²) in [5, 5.41) is 3.68. The normalized spacial score (nSPS) is 17.7. The van der Waals surface area contributed by atoms with E-state index in [1.807, 2.05) is 6.20 Å². The minimum Gasteiger partial charge on any atom is -0.348 e. The van der Waals surface area contributed by atoms with Gasteiger partial charge in [-0.2, -0.15) is 0 Å². The molecule has 21 heavy (non-hydrogen) atoms. The molecule has 2 aromatic rings. The summed E-state index contributed by atoms with van der Waals surface area (Å²) >= 11 is 3.43. The molecule has 1 unspecified atom stereocenters. The van der Waals surface area contributed by atoms with Crippen LogP contribution in [0.5, 0.6) is 0 Å². The first-order chi connectivity index (χ1) is 10.3. The predicted molar refractivity (Wildman–Crippen MR) is 89.4 cm³/mol. The lowest BCUT2D eigenvalue weighted by Crippen LogP contribution is -2.24. The molecule has 1 atom stereocenters. The zero-order chi connectivity index (χ0) is 14.7. The summed E-state index contributed by atoms with van der Waals surface area (Å²) in [6, 6.07) is 4.67. The lowest BCUT2D eigenvalue weighted by atomic mass is 9.91. The van der Waals surface area contributed by atoms with Crippen molar-refractivity contribution in [2.45, 2.75) is 45.2 Å². The van der Waals surface area contributed by atoms with E-state index in [-0.39, 0.29) is 0 Å². The number of rotatable bonds is 5. The summed E-state index contributed by atoms with van der Waals surface area (Å²) in [6.45, 7) is 4.17. The first-order valence-corrected chi connectivity index (χ1v) is 8.58. The van der Waals surface area contributed by atoms with Crippen LogP contribution in [-0.2, 0) is 13.0 Å². The van der Waals surface area contributed by atoms with E-state index in [0.717, 1.165) is 23.3 Å². The highest BCUT2D eigenvalue weighted by molar-refractivity contribution is 9.10. The highest BCUT2D eigenvalue weighted by Gasteiger charge is 2.21. The SMILES string of the molecule is CCCNC1CCCc2cn(Cc3ccc(Br)cn3)cc21. The van der Waals surface area contributed by atoms with Gasteiger partial charge >= 0.3 is 0 Å². The molecule has 112 valence electrons. The van der Waals surface area contributed by atoms with Gasteiger partial charge in [-0.3, -0.25) is 4.98 Å². The van der Waals surface area contributed by atoms with Crippen LogP contribution >= 0.6 is 15.9 Å². The topological polar surface area (TPSA) is 29.9 Å². The lowest BCUT2D eigenvalue weighted by molar-refractivity contribution is 0.462. The van der Waals surface area contributed by atoms with Gasteiger partial charge in [-0.05, 0) is 71.4 Å². The third-order valence-electron chi connectivity index (χ3n) is 4.09. The first kappa shape index (κ1) is 14.8. The van der Waals surface area contributed by atoms with Crippen LogP contribution < -0.4 is 5.32 Å². The molecule has 1 aliphatic carbocycles. The fourth-order valence-electron chi connectivity index (χ4n) is 3.06. The van der Waals surface area contributed by atoms with Gasteiger partial charge in [-0.25, -0.2) is 0 Å². The molecule has 0 saturated carbocycles. The molecule has 1 N–H and O–H groups in total. The van der Waals surface area contributed by atoms with Crippen molar-refractivity contribution in [1.29, 1.82) is 0 Å². The standard InChI is InChI=1S/C17H22BrN3/c1-2-8-19-17-5-3-4-13-10-21(12-16(13)17)11-15-7-6-14(18)9-20-15/h6-7,9-10,12,17,19H,2-5,8,11H2,1H3. The van der Waals surface area contributed by atoms with Crippen LogP contribution in [-0.4, -0.2) is 16.1 Å². The Bertz CT molecular complexity index is 589. The van der Waals surface area contributed by atoms with Gasteiger partial charge in [0.25, 0.3) is 0 Å². The van der Waals surface area contributed by atoms with Gasteiger partial charge in [-0.1, -0.05) is 6.92 Å². The van der Waals surface area contributed by atoms with E-state index < -0.39 is 0 Å². The molecule has 0 aromatic carbocycles. The van der Waals surface area contributed by atoms with Gasteiger partial charge in [0.05, 0.1) is 12.2 Å². The average molecular weight is 348 g/mol. The molecule has 0 radical (unpaired) electrons. The van der Waals surface area contributed by atoms with E-state index in [1.165, 1.54) is 36.8 Å². The van der Waals surface area contributed by atoms with Gasteiger partial charge in [0.2, 0.25) is 0 Å². The maximum Gasteiger partial charge on any atom is 0.0642 e. The Balaban J connectivity index is 1.76. The molecule has 2 aromatic heterocycles. The summed E-state index contributed by atoms with van der Waals surface area (Å²) in [5.41, 5.74) is 4.10. The van der Waals surface area contributed by atoms with E-state index in [2.05, 4.69) is 62.2 Å². The minimum atomic E-state index is 0.535. The second-order valence-corrected chi connectivity index (χ2v) is 6.69. The van der Waals surface area contributed by atoms with Gasteiger partial charge in [-0.15, -0.1) is 0 Å². The number of fused-ring (bicyclic) bond motifs is 1. The zero-order valence-electron chi connectivity index (χ0n) is 12.5. The Morgan fingerprint density at radius 1 is 1.38 bits per heavy atom. The van der Waals surface area contributed by atoms with Crippen molar-refractivity contribution in [2.75, 3.05) is 6.54 Å². The van der Waals surface area contributed by atoms with Gasteiger partial charge in [0.15, 0.2) is 0 Å². The summed E-state index contributed by atoms with van der Waals surface area (Å²) in [5.74, 6) is 0. The summed E-state index contributed by atoms with van der Waals surface area (Å²) < 4.78 is 3.31. The zero-order valence-corrected chi connectivity index (χ0v) is 14.1. The van der Waals surface area contributed by atoms with Crippen molar-refractivity contribution in [3.05, 3.63) is 52.0 Å². The van der Waals surface area contributed by atoms with Crippen LogP contribution in [0.4, 0.5) is 0 Å². The van der Waals surface area contributed by atoms with Crippen molar-refractivity contribution in [2.24, 2.45) is 0 Å². The van der Waals surface area contributed by atoms with E-state index in [4.69, 9.17) is 0 Å². The third-order valence-corrected chi connectivity index (χ3v) is 4.55. The van der Waals surface area contributed by atoms with Gasteiger partial charge < -0.3 is 9.88 Å². The van der Waals surface area contributed by atoms with Gasteiger partial charge in [0.1, 0.15) is 0 Å². The minimum absolute atomic E-state index is 0.535. The highest BCUT2D eigenvalue weighted by atomic mass is 79.9. The number of aromatic nitrogens is 2. The second kappa shape index (κ2) is 6.75. The predicted octanol–water partition coefficient (Wildman–Crippen LogP) is 4.07. The molecule has 0 saturated heterocycles. The average Bonchev–Trinajstić information content (AvgIpc) is 2.90. The first-order valence-electron chi connectivity index (χ1n) is 7.78. The molecule has 0 amide bonds. The van der Waals surface area contributed by atoms with Crippen molar-refractivity contribution in [1.82, 2.24) is 14.9 Å². The maximum absolute atomic E-state index is 4.47. The fraction of sp³-hybridized carbons (Fsp3) is 0.471. The number of nitrogens with zero attached hydrogens (tertiary/aromatic N) is 2. The Hall–Kier alpha value is -1.13. The van der Waals surface area contributed by atoms with E-state index in [9.17, 15) is 0 Å². The number of aryl methyl sites for hydroxylation is 1. The summed E-state index contributed by atoms with van der Waals surface area (Å²) in [7, 11) is 0. The molecule has 4 heteroatoms. The lowest BCUT2D eigenvalue weighted by Gasteiger charge is -2.23. The summed E-state index contributed by atoms with van der Waals surface area (Å²) in [4.78, 5) is 4.47. The van der Waals surface area contributed by atoms with Crippen molar-refractivity contribution >= 4 is 15.9 Å². The molecule has 3 rings (SSSR count). The van der Waals surface area contributed by atoms with E-state index >= 15 is 0 Å². The monoisotopic (exact) mass is 347 g/mol. The van der Waals surface area contributed by atoms with Crippen LogP contribution in [0.15, 0.2) is 35.2 Å². The Morgan fingerprint density at radius 2 is 2.29 bits per heavy atom. The molecule has 0 bridgehead atoms. The van der Waals surface area contributed by atoms with E-state index in [0.29, 0.717) is 6.04 Å². The molecular formula is C17H22BrN3. The van der Waals surface area contributed by atoms with Crippen molar-refractivity contribution in [3.63, 3.8) is 0 Å². The summed E-state index contributed by atoms with van der Waals surface area (Å²) in [6.07, 6.45) is 11.4. The third kappa shape index (κ3) is 3.55. The Kier molecular flexibility index (Phi) is 4.76. The quantitative estimate of drug-likeness (QED) is 0.883. The number of pyridine rings is 1. The highest BCUT2D eigenvalue weighted by Crippen LogP contribution is 2.30. The number of nitrogens with one attached hydrogen (secondary N) is 1. The Morgan fingerprint density at radius 3 is 3.05 bits per heavy atom.